The van der Waals surface area contributed by atoms with E-state index in [1.807, 2.05) is 31.2 Å². The van der Waals surface area contributed by atoms with Crippen LogP contribution in [0.15, 0.2) is 34.5 Å². The Morgan fingerprint density at radius 1 is 1.19 bits per heavy atom. The summed E-state index contributed by atoms with van der Waals surface area (Å²) in [7, 11) is -2.03. The van der Waals surface area contributed by atoms with Crippen LogP contribution in [0.25, 0.3) is 0 Å². The topological polar surface area (TPSA) is 57.6 Å². The number of benzene rings is 1. The average molecular weight is 325 g/mol. The van der Waals surface area contributed by atoms with E-state index in [0.717, 1.165) is 11.1 Å². The van der Waals surface area contributed by atoms with E-state index in [-0.39, 0.29) is 11.5 Å². The Labute approximate surface area is 129 Å². The summed E-state index contributed by atoms with van der Waals surface area (Å²) in [5.74, 6) is 0. The molecule has 1 aromatic carbocycles. The maximum atomic E-state index is 12.7. The number of aliphatic hydroxyl groups excluding tert-OH is 1. The molecule has 1 aromatic heterocycles. The molecule has 0 saturated heterocycles. The van der Waals surface area contributed by atoms with Crippen molar-refractivity contribution in [1.29, 1.82) is 0 Å². The van der Waals surface area contributed by atoms with Crippen LogP contribution in [0.5, 0.6) is 0 Å². The molecule has 0 radical (unpaired) electrons. The van der Waals surface area contributed by atoms with Gasteiger partial charge in [-0.3, -0.25) is 0 Å². The van der Waals surface area contributed by atoms with E-state index < -0.39 is 10.0 Å². The molecule has 0 unspecified atom stereocenters. The third-order valence-electron chi connectivity index (χ3n) is 3.33. The third-order valence-corrected chi connectivity index (χ3v) is 6.58. The maximum absolute atomic E-state index is 12.7. The molecule has 0 aliphatic heterocycles. The zero-order chi connectivity index (χ0) is 15.6. The van der Waals surface area contributed by atoms with Gasteiger partial charge in [0.05, 0.1) is 11.5 Å². The van der Waals surface area contributed by atoms with Crippen molar-refractivity contribution in [2.24, 2.45) is 0 Å². The monoisotopic (exact) mass is 325 g/mol. The Morgan fingerprint density at radius 3 is 2.38 bits per heavy atom. The second kappa shape index (κ2) is 6.27. The molecular weight excluding hydrogens is 306 g/mol. The summed E-state index contributed by atoms with van der Waals surface area (Å²) in [6, 6.07) is 7.78. The van der Waals surface area contributed by atoms with E-state index >= 15 is 0 Å². The largest absolute Gasteiger partial charge is 0.391 e. The summed E-state index contributed by atoms with van der Waals surface area (Å²) in [5.41, 5.74) is 2.76. The molecule has 21 heavy (non-hydrogen) atoms. The third kappa shape index (κ3) is 3.35. The van der Waals surface area contributed by atoms with E-state index in [9.17, 15) is 13.5 Å². The van der Waals surface area contributed by atoms with Crippen LogP contribution in [0.3, 0.4) is 0 Å². The molecule has 0 saturated carbocycles. The lowest BCUT2D eigenvalue weighted by atomic mass is 10.1. The highest BCUT2D eigenvalue weighted by atomic mass is 32.2. The summed E-state index contributed by atoms with van der Waals surface area (Å²) in [6.45, 7) is 3.79. The van der Waals surface area contributed by atoms with Crippen molar-refractivity contribution in [2.75, 3.05) is 7.05 Å². The Morgan fingerprint density at radius 2 is 1.81 bits per heavy atom. The molecule has 6 heteroatoms. The molecule has 0 aliphatic carbocycles. The minimum absolute atomic E-state index is 0.240. The highest BCUT2D eigenvalue weighted by molar-refractivity contribution is 7.89. The van der Waals surface area contributed by atoms with Crippen LogP contribution in [0.2, 0.25) is 0 Å². The molecule has 114 valence electrons. The minimum atomic E-state index is -3.59. The van der Waals surface area contributed by atoms with Crippen LogP contribution < -0.4 is 0 Å². The van der Waals surface area contributed by atoms with Crippen LogP contribution in [0, 0.1) is 13.8 Å². The van der Waals surface area contributed by atoms with Crippen molar-refractivity contribution in [1.82, 2.24) is 4.31 Å². The first-order chi connectivity index (χ1) is 9.86. The van der Waals surface area contributed by atoms with Gasteiger partial charge in [0.15, 0.2) is 0 Å². The fourth-order valence-electron chi connectivity index (χ4n) is 2.13. The Kier molecular flexibility index (Phi) is 4.83. The zero-order valence-electron chi connectivity index (χ0n) is 12.3. The fraction of sp³-hybridized carbons (Fsp3) is 0.333. The molecule has 4 nitrogen and oxygen atoms in total. The molecular formula is C15H19NO3S2. The van der Waals surface area contributed by atoms with Crippen LogP contribution >= 0.6 is 11.3 Å². The number of nitrogens with zero attached hydrogens (tertiary/aromatic N) is 1. The number of sulfonamides is 1. The van der Waals surface area contributed by atoms with Crippen molar-refractivity contribution < 1.29 is 13.5 Å². The molecule has 2 aromatic rings. The Bertz CT molecular complexity index is 718. The van der Waals surface area contributed by atoms with Gasteiger partial charge < -0.3 is 5.11 Å². The summed E-state index contributed by atoms with van der Waals surface area (Å²) >= 11 is 1.27. The number of aliphatic hydroxyl groups is 1. The van der Waals surface area contributed by atoms with E-state index in [1.54, 1.807) is 19.4 Å². The summed E-state index contributed by atoms with van der Waals surface area (Å²) in [6.07, 6.45) is 0. The van der Waals surface area contributed by atoms with Crippen molar-refractivity contribution in [3.05, 3.63) is 51.2 Å². The van der Waals surface area contributed by atoms with Gasteiger partial charge >= 0.3 is 0 Å². The molecule has 0 bridgehead atoms. The van der Waals surface area contributed by atoms with Gasteiger partial charge in [-0.25, -0.2) is 8.42 Å². The number of aryl methyl sites for hydroxylation is 2. The summed E-state index contributed by atoms with van der Waals surface area (Å²) in [4.78, 5) is 0.730. The molecule has 1 heterocycles. The first-order valence-corrected chi connectivity index (χ1v) is 8.88. The Hall–Kier alpha value is -1.21. The predicted octanol–water partition coefficient (Wildman–Crippen LogP) is 2.68. The fourth-order valence-corrected chi connectivity index (χ4v) is 4.90. The molecule has 0 atom stereocenters. The van der Waals surface area contributed by atoms with E-state index in [1.165, 1.54) is 15.6 Å². The van der Waals surface area contributed by atoms with Crippen molar-refractivity contribution in [2.45, 2.75) is 31.9 Å². The van der Waals surface area contributed by atoms with Gasteiger partial charge in [0.1, 0.15) is 4.90 Å². The SMILES string of the molecule is Cc1ccc(CN(C)S(=O)(=O)c2c(C)csc2CO)cc1. The number of hydrogen-bond donors (Lipinski definition) is 1. The maximum Gasteiger partial charge on any atom is 0.244 e. The smallest absolute Gasteiger partial charge is 0.244 e. The van der Waals surface area contributed by atoms with Gasteiger partial charge in [0.2, 0.25) is 10.0 Å². The lowest BCUT2D eigenvalue weighted by molar-refractivity contribution is 0.282. The molecule has 0 aliphatic rings. The van der Waals surface area contributed by atoms with Gasteiger partial charge in [0, 0.05) is 13.6 Å². The first-order valence-electron chi connectivity index (χ1n) is 6.56. The second-order valence-electron chi connectivity index (χ2n) is 5.08. The lowest BCUT2D eigenvalue weighted by Gasteiger charge is -2.18. The van der Waals surface area contributed by atoms with Gasteiger partial charge in [-0.1, -0.05) is 29.8 Å². The highest BCUT2D eigenvalue weighted by Gasteiger charge is 2.27. The molecule has 1 N–H and O–H groups in total. The normalized spacial score (nSPS) is 12.0. The van der Waals surface area contributed by atoms with E-state index in [4.69, 9.17) is 0 Å². The van der Waals surface area contributed by atoms with Gasteiger partial charge in [0.25, 0.3) is 0 Å². The van der Waals surface area contributed by atoms with Gasteiger partial charge in [-0.2, -0.15) is 4.31 Å². The summed E-state index contributed by atoms with van der Waals surface area (Å²) < 4.78 is 26.7. The summed E-state index contributed by atoms with van der Waals surface area (Å²) in [5, 5.41) is 11.1. The van der Waals surface area contributed by atoms with Crippen LogP contribution in [0.4, 0.5) is 0 Å². The van der Waals surface area contributed by atoms with Crippen LogP contribution in [-0.4, -0.2) is 24.9 Å². The highest BCUT2D eigenvalue weighted by Crippen LogP contribution is 2.29. The molecule has 2 rings (SSSR count). The van der Waals surface area contributed by atoms with Crippen molar-refractivity contribution in [3.8, 4) is 0 Å². The number of rotatable bonds is 5. The van der Waals surface area contributed by atoms with E-state index in [2.05, 4.69) is 0 Å². The second-order valence-corrected chi connectivity index (χ2v) is 8.02. The molecule has 0 amide bonds. The lowest BCUT2D eigenvalue weighted by Crippen LogP contribution is -2.27. The van der Waals surface area contributed by atoms with E-state index in [0.29, 0.717) is 17.0 Å². The van der Waals surface area contributed by atoms with Gasteiger partial charge in [-0.05, 0) is 30.4 Å². The number of hydrogen-bond acceptors (Lipinski definition) is 4. The molecule has 0 fully saturated rings. The van der Waals surface area contributed by atoms with Crippen LogP contribution in [0.1, 0.15) is 21.6 Å². The predicted molar refractivity (Wildman–Crippen MR) is 84.8 cm³/mol. The number of thiophene rings is 1. The standard InChI is InChI=1S/C15H19NO3S2/c1-11-4-6-13(7-5-11)8-16(3)21(18,19)15-12(2)10-20-14(15)9-17/h4-7,10,17H,8-9H2,1-3H3. The quantitative estimate of drug-likeness (QED) is 0.919. The first kappa shape index (κ1) is 16.2. The van der Waals surface area contributed by atoms with Gasteiger partial charge in [-0.15, -0.1) is 11.3 Å². The minimum Gasteiger partial charge on any atom is -0.391 e. The molecule has 0 spiro atoms. The average Bonchev–Trinajstić information content (AvgIpc) is 2.83. The van der Waals surface area contributed by atoms with Crippen molar-refractivity contribution >= 4 is 21.4 Å². The van der Waals surface area contributed by atoms with Crippen LogP contribution in [-0.2, 0) is 23.2 Å². The zero-order valence-corrected chi connectivity index (χ0v) is 14.0. The van der Waals surface area contributed by atoms with Crippen molar-refractivity contribution in [3.63, 3.8) is 0 Å². The Balaban J connectivity index is 2.30.